The SMILES string of the molecule is CCOC(=O)C(C=O)c1c(C(=O)OC)n(C)c2cc(Cl)ccc12. The third-order valence-electron chi connectivity index (χ3n) is 3.57. The highest BCUT2D eigenvalue weighted by Crippen LogP contribution is 2.33. The van der Waals surface area contributed by atoms with Gasteiger partial charge in [-0.1, -0.05) is 17.7 Å². The van der Waals surface area contributed by atoms with Gasteiger partial charge in [0.15, 0.2) is 0 Å². The molecular weight excluding hydrogens is 322 g/mol. The summed E-state index contributed by atoms with van der Waals surface area (Å²) in [6.07, 6.45) is 0.466. The van der Waals surface area contributed by atoms with Crippen molar-refractivity contribution in [2.75, 3.05) is 13.7 Å². The average Bonchev–Trinajstić information content (AvgIpc) is 2.80. The van der Waals surface area contributed by atoms with Gasteiger partial charge < -0.3 is 18.8 Å². The highest BCUT2D eigenvalue weighted by molar-refractivity contribution is 6.31. The summed E-state index contributed by atoms with van der Waals surface area (Å²) >= 11 is 6.00. The summed E-state index contributed by atoms with van der Waals surface area (Å²) in [6.45, 7) is 1.77. The van der Waals surface area contributed by atoms with Crippen molar-refractivity contribution in [2.24, 2.45) is 7.05 Å². The van der Waals surface area contributed by atoms with Crippen molar-refractivity contribution in [3.8, 4) is 0 Å². The van der Waals surface area contributed by atoms with Gasteiger partial charge in [-0.25, -0.2) is 4.79 Å². The van der Waals surface area contributed by atoms with Gasteiger partial charge in [0, 0.05) is 23.0 Å². The molecule has 122 valence electrons. The molecular formula is C16H16ClNO5. The number of rotatable bonds is 5. The lowest BCUT2D eigenvalue weighted by atomic mass is 9.97. The number of aromatic nitrogens is 1. The molecule has 1 aromatic carbocycles. The van der Waals surface area contributed by atoms with Crippen molar-refractivity contribution in [2.45, 2.75) is 12.8 Å². The molecule has 0 amide bonds. The van der Waals surface area contributed by atoms with Crippen molar-refractivity contribution in [3.05, 3.63) is 34.5 Å². The van der Waals surface area contributed by atoms with Crippen LogP contribution >= 0.6 is 11.6 Å². The van der Waals surface area contributed by atoms with Gasteiger partial charge in [0.05, 0.1) is 19.2 Å². The summed E-state index contributed by atoms with van der Waals surface area (Å²) in [6, 6.07) is 4.94. The molecule has 0 fully saturated rings. The molecule has 0 bridgehead atoms. The summed E-state index contributed by atoms with van der Waals surface area (Å²) in [5.41, 5.74) is 0.999. The Kier molecular flexibility index (Phi) is 5.05. The third kappa shape index (κ3) is 2.94. The van der Waals surface area contributed by atoms with Crippen LogP contribution < -0.4 is 0 Å². The molecule has 2 aromatic rings. The van der Waals surface area contributed by atoms with Crippen LogP contribution in [0.2, 0.25) is 5.02 Å². The number of ether oxygens (including phenoxy) is 2. The number of aryl methyl sites for hydroxylation is 1. The van der Waals surface area contributed by atoms with E-state index in [2.05, 4.69) is 0 Å². The second-order valence-corrected chi connectivity index (χ2v) is 5.28. The highest BCUT2D eigenvalue weighted by Gasteiger charge is 2.32. The van der Waals surface area contributed by atoms with Crippen LogP contribution in [0.5, 0.6) is 0 Å². The minimum atomic E-state index is -1.21. The van der Waals surface area contributed by atoms with E-state index in [0.717, 1.165) is 0 Å². The minimum absolute atomic E-state index is 0.120. The van der Waals surface area contributed by atoms with E-state index in [1.807, 2.05) is 0 Å². The van der Waals surface area contributed by atoms with Gasteiger partial charge in [-0.3, -0.25) is 4.79 Å². The molecule has 1 atom stereocenters. The van der Waals surface area contributed by atoms with Crippen molar-refractivity contribution < 1.29 is 23.9 Å². The number of benzene rings is 1. The van der Waals surface area contributed by atoms with Crippen LogP contribution in [0.25, 0.3) is 10.9 Å². The standard InChI is InChI=1S/C16H16ClNO5/c1-4-23-15(20)11(8-19)13-10-6-5-9(17)7-12(10)18(2)14(13)16(21)22-3/h5-8,11H,4H2,1-3H3. The van der Waals surface area contributed by atoms with Crippen LogP contribution in [0.15, 0.2) is 18.2 Å². The average molecular weight is 338 g/mol. The lowest BCUT2D eigenvalue weighted by Gasteiger charge is -2.11. The first-order chi connectivity index (χ1) is 11.0. The maximum Gasteiger partial charge on any atom is 0.355 e. The molecule has 0 saturated heterocycles. The summed E-state index contributed by atoms with van der Waals surface area (Å²) in [5.74, 6) is -2.57. The number of carbonyl (C=O) groups excluding carboxylic acids is 3. The summed E-state index contributed by atoms with van der Waals surface area (Å²) in [4.78, 5) is 35.8. The van der Waals surface area contributed by atoms with E-state index in [-0.39, 0.29) is 17.9 Å². The topological polar surface area (TPSA) is 74.6 Å². The number of fused-ring (bicyclic) bond motifs is 1. The van der Waals surface area contributed by atoms with E-state index in [1.54, 1.807) is 36.7 Å². The summed E-state index contributed by atoms with van der Waals surface area (Å²) in [5, 5.41) is 1.04. The summed E-state index contributed by atoms with van der Waals surface area (Å²) in [7, 11) is 2.87. The first-order valence-corrected chi connectivity index (χ1v) is 7.32. The molecule has 23 heavy (non-hydrogen) atoms. The lowest BCUT2D eigenvalue weighted by Crippen LogP contribution is -2.20. The van der Waals surface area contributed by atoms with Crippen LogP contribution in [0.4, 0.5) is 0 Å². The molecule has 0 aliphatic rings. The molecule has 0 spiro atoms. The van der Waals surface area contributed by atoms with Gasteiger partial charge in [-0.05, 0) is 19.1 Å². The third-order valence-corrected chi connectivity index (χ3v) is 3.80. The molecule has 0 N–H and O–H groups in total. The van der Waals surface area contributed by atoms with E-state index in [0.29, 0.717) is 22.2 Å². The Balaban J connectivity index is 2.80. The number of methoxy groups -OCH3 is 1. The van der Waals surface area contributed by atoms with Crippen molar-refractivity contribution in [3.63, 3.8) is 0 Å². The van der Waals surface area contributed by atoms with Gasteiger partial charge in [0.25, 0.3) is 0 Å². The van der Waals surface area contributed by atoms with Gasteiger partial charge >= 0.3 is 11.9 Å². The van der Waals surface area contributed by atoms with E-state index >= 15 is 0 Å². The van der Waals surface area contributed by atoms with E-state index < -0.39 is 17.9 Å². The number of hydrogen-bond acceptors (Lipinski definition) is 5. The molecule has 6 nitrogen and oxygen atoms in total. The normalized spacial score (nSPS) is 12.0. The molecule has 0 saturated carbocycles. The summed E-state index contributed by atoms with van der Waals surface area (Å²) < 4.78 is 11.3. The maximum absolute atomic E-state index is 12.2. The molecule has 1 unspecified atom stereocenters. The zero-order chi connectivity index (χ0) is 17.1. The number of esters is 2. The van der Waals surface area contributed by atoms with Gasteiger partial charge in [-0.15, -0.1) is 0 Å². The molecule has 0 aliphatic heterocycles. The van der Waals surface area contributed by atoms with E-state index in [1.165, 1.54) is 7.11 Å². The van der Waals surface area contributed by atoms with Gasteiger partial charge in [0.2, 0.25) is 0 Å². The van der Waals surface area contributed by atoms with Crippen LogP contribution in [0.3, 0.4) is 0 Å². The first kappa shape index (κ1) is 17.0. The first-order valence-electron chi connectivity index (χ1n) is 6.94. The predicted molar refractivity (Wildman–Crippen MR) is 84.7 cm³/mol. The van der Waals surface area contributed by atoms with Crippen molar-refractivity contribution >= 4 is 40.7 Å². The van der Waals surface area contributed by atoms with Crippen molar-refractivity contribution in [1.29, 1.82) is 0 Å². The lowest BCUT2D eigenvalue weighted by molar-refractivity contribution is -0.145. The fraction of sp³-hybridized carbons (Fsp3) is 0.312. The highest BCUT2D eigenvalue weighted by atomic mass is 35.5. The fourth-order valence-corrected chi connectivity index (χ4v) is 2.74. The number of halogens is 1. The zero-order valence-electron chi connectivity index (χ0n) is 13.0. The van der Waals surface area contributed by atoms with Crippen LogP contribution in [-0.4, -0.2) is 36.5 Å². The fourth-order valence-electron chi connectivity index (χ4n) is 2.57. The second-order valence-electron chi connectivity index (χ2n) is 4.84. The van der Waals surface area contributed by atoms with Crippen molar-refractivity contribution in [1.82, 2.24) is 4.57 Å². The molecule has 0 aliphatic carbocycles. The predicted octanol–water partition coefficient (Wildman–Crippen LogP) is 2.46. The molecule has 0 radical (unpaired) electrons. The second kappa shape index (κ2) is 6.83. The molecule has 7 heteroatoms. The largest absolute Gasteiger partial charge is 0.465 e. The Labute approximate surface area is 137 Å². The van der Waals surface area contributed by atoms with E-state index in [9.17, 15) is 14.4 Å². The zero-order valence-corrected chi connectivity index (χ0v) is 13.7. The molecule has 2 rings (SSSR count). The van der Waals surface area contributed by atoms with E-state index in [4.69, 9.17) is 21.1 Å². The Morgan fingerprint density at radius 3 is 2.65 bits per heavy atom. The Hall–Kier alpha value is -2.34. The Bertz CT molecular complexity index is 780. The number of carbonyl (C=O) groups is 3. The van der Waals surface area contributed by atoms with Crippen LogP contribution in [0.1, 0.15) is 28.9 Å². The van der Waals surface area contributed by atoms with Gasteiger partial charge in [-0.2, -0.15) is 0 Å². The molecule has 1 heterocycles. The van der Waals surface area contributed by atoms with Gasteiger partial charge in [0.1, 0.15) is 17.9 Å². The number of nitrogens with zero attached hydrogens (tertiary/aromatic N) is 1. The Morgan fingerprint density at radius 1 is 1.39 bits per heavy atom. The number of aldehydes is 1. The minimum Gasteiger partial charge on any atom is -0.465 e. The smallest absolute Gasteiger partial charge is 0.355 e. The van der Waals surface area contributed by atoms with Crippen LogP contribution in [-0.2, 0) is 26.1 Å². The maximum atomic E-state index is 12.2. The Morgan fingerprint density at radius 2 is 2.09 bits per heavy atom. The van der Waals surface area contributed by atoms with Crippen LogP contribution in [0, 0.1) is 0 Å². The quantitative estimate of drug-likeness (QED) is 0.476. The molecule has 1 aromatic heterocycles. The number of hydrogen-bond donors (Lipinski definition) is 0. The monoisotopic (exact) mass is 337 g/mol.